The first-order chi connectivity index (χ1) is 4.20. The molecule has 0 aliphatic rings. The average Bonchev–Trinajstić information content (AvgIpc) is 1.87. The largest absolute Gasteiger partial charge is 0.323 e. The second-order valence-electron chi connectivity index (χ2n) is 1.61. The maximum atomic E-state index is 10.4. The first kappa shape index (κ1) is 7.90. The molecule has 0 aromatic carbocycles. The van der Waals surface area contributed by atoms with Crippen LogP contribution in [0.4, 0.5) is 0 Å². The van der Waals surface area contributed by atoms with Crippen molar-refractivity contribution in [2.45, 2.75) is 13.3 Å². The molecule has 0 radical (unpaired) electrons. The third-order valence-corrected chi connectivity index (χ3v) is 0.798. The van der Waals surface area contributed by atoms with Gasteiger partial charge in [-0.15, -0.1) is 0 Å². The monoisotopic (exact) mass is 130 g/mol. The molecule has 5 nitrogen and oxygen atoms in total. The van der Waals surface area contributed by atoms with Crippen LogP contribution in [0.2, 0.25) is 0 Å². The highest BCUT2D eigenvalue weighted by Gasteiger charge is 1.98. The summed E-state index contributed by atoms with van der Waals surface area (Å²) in [5.41, 5.74) is 2.51. The van der Waals surface area contributed by atoms with E-state index in [2.05, 4.69) is 5.10 Å². The van der Waals surface area contributed by atoms with E-state index in [-0.39, 0.29) is 12.3 Å². The maximum Gasteiger partial charge on any atom is 0.239 e. The molecule has 52 valence electrons. The van der Waals surface area contributed by atoms with Crippen molar-refractivity contribution >= 4 is 11.6 Å². The van der Waals surface area contributed by atoms with Gasteiger partial charge >= 0.3 is 0 Å². The van der Waals surface area contributed by atoms with Crippen LogP contribution in [0.5, 0.6) is 0 Å². The Labute approximate surface area is 53.1 Å². The van der Waals surface area contributed by atoms with Crippen molar-refractivity contribution in [3.05, 3.63) is 0 Å². The minimum absolute atomic E-state index is 0.160. The fourth-order valence-electron chi connectivity index (χ4n) is 0.329. The molecular weight excluding hydrogens is 120 g/mol. The van der Waals surface area contributed by atoms with Gasteiger partial charge < -0.3 is 5.84 Å². The zero-order valence-corrected chi connectivity index (χ0v) is 5.22. The van der Waals surface area contributed by atoms with Gasteiger partial charge in [-0.25, -0.2) is 5.84 Å². The molecule has 0 heterocycles. The van der Waals surface area contributed by atoms with Crippen LogP contribution in [-0.2, 0) is 4.79 Å². The zero-order valence-electron chi connectivity index (χ0n) is 5.22. The molecule has 0 fully saturated rings. The van der Waals surface area contributed by atoms with Crippen LogP contribution in [0.25, 0.3) is 0 Å². The highest BCUT2D eigenvalue weighted by atomic mass is 16.2. The molecule has 0 bridgehead atoms. The summed E-state index contributed by atoms with van der Waals surface area (Å²) in [6.07, 6.45) is 0.160. The number of carbonyl (C=O) groups is 1. The molecule has 0 aliphatic heterocycles. The molecule has 0 saturated carbocycles. The first-order valence-corrected chi connectivity index (χ1v) is 2.43. The summed E-state index contributed by atoms with van der Waals surface area (Å²) in [6.45, 7) is 1.65. The topological polar surface area (TPSA) is 93.5 Å². The molecule has 1 amide bonds. The normalized spacial score (nSPS) is 11.1. The molecule has 0 saturated heterocycles. The number of hydrazone groups is 1. The highest BCUT2D eigenvalue weighted by molar-refractivity contribution is 5.99. The van der Waals surface area contributed by atoms with Gasteiger partial charge in [0.2, 0.25) is 5.91 Å². The van der Waals surface area contributed by atoms with Gasteiger partial charge in [-0.3, -0.25) is 10.2 Å². The Morgan fingerprint density at radius 3 is 2.67 bits per heavy atom. The van der Waals surface area contributed by atoms with Gasteiger partial charge in [0.1, 0.15) is 0 Å². The summed E-state index contributed by atoms with van der Waals surface area (Å²) in [6, 6.07) is 0. The van der Waals surface area contributed by atoms with Crippen molar-refractivity contribution in [3.8, 4) is 0 Å². The lowest BCUT2D eigenvalue weighted by Gasteiger charge is -1.95. The molecule has 0 spiro atoms. The fourth-order valence-corrected chi connectivity index (χ4v) is 0.329. The van der Waals surface area contributed by atoms with Crippen LogP contribution >= 0.6 is 0 Å². The number of nitrogens with zero attached hydrogens (tertiary/aromatic N) is 1. The number of amides is 1. The van der Waals surface area contributed by atoms with Crippen LogP contribution in [0.1, 0.15) is 13.3 Å². The van der Waals surface area contributed by atoms with Gasteiger partial charge in [-0.05, 0) is 6.92 Å². The standard InChI is InChI=1S/C4H10N4O/c1-3(7-5)2-4(9)8-6/h2,5-6H2,1H3,(H,8,9)/b7-3-. The smallest absolute Gasteiger partial charge is 0.239 e. The maximum absolute atomic E-state index is 10.4. The van der Waals surface area contributed by atoms with Crippen molar-refractivity contribution in [3.63, 3.8) is 0 Å². The van der Waals surface area contributed by atoms with Crippen molar-refractivity contribution in [2.75, 3.05) is 0 Å². The third kappa shape index (κ3) is 3.48. The zero-order chi connectivity index (χ0) is 7.28. The van der Waals surface area contributed by atoms with Crippen molar-refractivity contribution in [2.24, 2.45) is 16.8 Å². The van der Waals surface area contributed by atoms with Gasteiger partial charge in [0.15, 0.2) is 0 Å². The fraction of sp³-hybridized carbons (Fsp3) is 0.500. The predicted molar refractivity (Wildman–Crippen MR) is 34.2 cm³/mol. The summed E-state index contributed by atoms with van der Waals surface area (Å²) in [5, 5.41) is 3.28. The molecular formula is C4H10N4O. The lowest BCUT2D eigenvalue weighted by molar-refractivity contribution is -0.119. The molecule has 0 unspecified atom stereocenters. The number of rotatable bonds is 2. The molecule has 9 heavy (non-hydrogen) atoms. The Kier molecular flexibility index (Phi) is 3.38. The van der Waals surface area contributed by atoms with E-state index in [9.17, 15) is 4.79 Å². The molecule has 0 aliphatic carbocycles. The highest BCUT2D eigenvalue weighted by Crippen LogP contribution is 1.81. The molecule has 0 aromatic rings. The van der Waals surface area contributed by atoms with Gasteiger partial charge in [-0.1, -0.05) is 0 Å². The summed E-state index contributed by atoms with van der Waals surface area (Å²) in [4.78, 5) is 10.4. The van der Waals surface area contributed by atoms with Crippen molar-refractivity contribution in [1.82, 2.24) is 5.43 Å². The Bertz CT molecular complexity index is 131. The summed E-state index contributed by atoms with van der Waals surface area (Å²) in [5.74, 6) is 9.33. The Morgan fingerprint density at radius 1 is 1.78 bits per heavy atom. The van der Waals surface area contributed by atoms with Crippen molar-refractivity contribution < 1.29 is 4.79 Å². The molecule has 0 atom stereocenters. The van der Waals surface area contributed by atoms with E-state index < -0.39 is 0 Å². The summed E-state index contributed by atoms with van der Waals surface area (Å²) >= 11 is 0. The van der Waals surface area contributed by atoms with Crippen molar-refractivity contribution in [1.29, 1.82) is 0 Å². The van der Waals surface area contributed by atoms with Gasteiger partial charge in [0.25, 0.3) is 0 Å². The summed E-state index contributed by atoms with van der Waals surface area (Å²) < 4.78 is 0. The number of nitrogens with one attached hydrogen (secondary N) is 1. The summed E-state index contributed by atoms with van der Waals surface area (Å²) in [7, 11) is 0. The van der Waals surface area contributed by atoms with E-state index in [1.807, 2.05) is 5.43 Å². The lowest BCUT2D eigenvalue weighted by Crippen LogP contribution is -2.31. The van der Waals surface area contributed by atoms with E-state index in [1.165, 1.54) is 0 Å². The second-order valence-corrected chi connectivity index (χ2v) is 1.61. The quantitative estimate of drug-likeness (QED) is 0.188. The van der Waals surface area contributed by atoms with Crippen LogP contribution in [0, 0.1) is 0 Å². The minimum Gasteiger partial charge on any atom is -0.323 e. The first-order valence-electron chi connectivity index (χ1n) is 2.43. The van der Waals surface area contributed by atoms with Crippen LogP contribution in [-0.4, -0.2) is 11.6 Å². The Morgan fingerprint density at radius 2 is 2.33 bits per heavy atom. The number of hydrazine groups is 1. The van der Waals surface area contributed by atoms with Crippen LogP contribution in [0.3, 0.4) is 0 Å². The van der Waals surface area contributed by atoms with Gasteiger partial charge in [0.05, 0.1) is 6.42 Å². The molecule has 5 heteroatoms. The Balaban J connectivity index is 3.60. The molecule has 5 N–H and O–H groups in total. The predicted octanol–water partition coefficient (Wildman–Crippen LogP) is -1.30. The number of carbonyl (C=O) groups excluding carboxylic acids is 1. The SMILES string of the molecule is C/C(CC(=O)NN)=N/N. The van der Waals surface area contributed by atoms with E-state index in [0.29, 0.717) is 5.71 Å². The Hall–Kier alpha value is -1.10. The van der Waals surface area contributed by atoms with E-state index in [1.54, 1.807) is 6.92 Å². The number of hydrogen-bond acceptors (Lipinski definition) is 4. The lowest BCUT2D eigenvalue weighted by atomic mass is 10.3. The number of hydrogen-bond donors (Lipinski definition) is 3. The van der Waals surface area contributed by atoms with E-state index in [4.69, 9.17) is 11.7 Å². The van der Waals surface area contributed by atoms with E-state index in [0.717, 1.165) is 0 Å². The van der Waals surface area contributed by atoms with Crippen LogP contribution < -0.4 is 17.1 Å². The average molecular weight is 130 g/mol. The van der Waals surface area contributed by atoms with E-state index >= 15 is 0 Å². The van der Waals surface area contributed by atoms with Crippen LogP contribution in [0.15, 0.2) is 5.10 Å². The van der Waals surface area contributed by atoms with Gasteiger partial charge in [-0.2, -0.15) is 5.10 Å². The minimum atomic E-state index is -0.290. The second kappa shape index (κ2) is 3.85. The molecule has 0 rings (SSSR count). The molecule has 0 aromatic heterocycles. The van der Waals surface area contributed by atoms with Gasteiger partial charge in [0, 0.05) is 5.71 Å². The number of nitrogens with two attached hydrogens (primary N) is 2. The third-order valence-electron chi connectivity index (χ3n) is 0.798.